The van der Waals surface area contributed by atoms with Crippen molar-refractivity contribution in [1.82, 2.24) is 14.9 Å². The van der Waals surface area contributed by atoms with E-state index in [-0.39, 0.29) is 11.9 Å². The second-order valence-electron chi connectivity index (χ2n) is 4.27. The van der Waals surface area contributed by atoms with Gasteiger partial charge in [0.15, 0.2) is 0 Å². The van der Waals surface area contributed by atoms with Crippen LogP contribution in [0, 0.1) is 5.82 Å². The van der Waals surface area contributed by atoms with Gasteiger partial charge in [-0.2, -0.15) is 0 Å². The molecule has 0 bridgehead atoms. The maximum Gasteiger partial charge on any atom is 0.126 e. The van der Waals surface area contributed by atoms with Crippen LogP contribution in [0.4, 0.5) is 4.39 Å². The van der Waals surface area contributed by atoms with Crippen LogP contribution in [0.15, 0.2) is 41.6 Å². The lowest BCUT2D eigenvalue weighted by Gasteiger charge is -2.17. The first kappa shape index (κ1) is 14.1. The summed E-state index contributed by atoms with van der Waals surface area (Å²) in [6.07, 6.45) is 3.74. The maximum atomic E-state index is 13.1. The monoisotopic (exact) mass is 279 g/mol. The first-order chi connectivity index (χ1) is 9.20. The zero-order valence-electron chi connectivity index (χ0n) is 11.1. The molecule has 3 nitrogen and oxygen atoms in total. The van der Waals surface area contributed by atoms with Crippen LogP contribution in [-0.2, 0) is 7.05 Å². The molecule has 1 aromatic carbocycles. The number of halogens is 1. The molecule has 2 rings (SSSR count). The highest BCUT2D eigenvalue weighted by Gasteiger charge is 2.15. The molecule has 0 aliphatic heterocycles. The number of thioether (sulfide) groups is 1. The summed E-state index contributed by atoms with van der Waals surface area (Å²) < 4.78 is 15.1. The number of rotatable bonds is 6. The number of hydrogen-bond acceptors (Lipinski definition) is 3. The van der Waals surface area contributed by atoms with Gasteiger partial charge >= 0.3 is 0 Å². The SMILES string of the molecule is CCNC(CSc1cccc(F)c1)c1nccn1C. The number of nitrogens with zero attached hydrogens (tertiary/aromatic N) is 2. The van der Waals surface area contributed by atoms with Crippen LogP contribution < -0.4 is 5.32 Å². The van der Waals surface area contributed by atoms with E-state index in [0.29, 0.717) is 0 Å². The van der Waals surface area contributed by atoms with Gasteiger partial charge in [-0.15, -0.1) is 11.8 Å². The van der Waals surface area contributed by atoms with Crippen molar-refractivity contribution >= 4 is 11.8 Å². The summed E-state index contributed by atoms with van der Waals surface area (Å²) in [4.78, 5) is 5.32. The van der Waals surface area contributed by atoms with E-state index in [0.717, 1.165) is 23.0 Å². The van der Waals surface area contributed by atoms with Gasteiger partial charge in [0, 0.05) is 30.1 Å². The molecule has 0 spiro atoms. The van der Waals surface area contributed by atoms with Crippen molar-refractivity contribution in [3.05, 3.63) is 48.3 Å². The standard InChI is InChI=1S/C14H18FN3S/c1-3-16-13(14-17-7-8-18(14)2)10-19-12-6-4-5-11(15)9-12/h4-9,13,16H,3,10H2,1-2H3. The molecule has 0 amide bonds. The fourth-order valence-electron chi connectivity index (χ4n) is 1.92. The first-order valence-electron chi connectivity index (χ1n) is 6.29. The van der Waals surface area contributed by atoms with Gasteiger partial charge in [0.25, 0.3) is 0 Å². The molecule has 1 aromatic heterocycles. The highest BCUT2D eigenvalue weighted by molar-refractivity contribution is 7.99. The molecule has 1 unspecified atom stereocenters. The number of nitrogens with one attached hydrogen (secondary N) is 1. The zero-order valence-corrected chi connectivity index (χ0v) is 12.0. The van der Waals surface area contributed by atoms with E-state index >= 15 is 0 Å². The largest absolute Gasteiger partial charge is 0.337 e. The Labute approximate surface area is 117 Å². The van der Waals surface area contributed by atoms with Gasteiger partial charge in [-0.3, -0.25) is 0 Å². The highest BCUT2D eigenvalue weighted by Crippen LogP contribution is 2.24. The number of aromatic nitrogens is 2. The molecule has 5 heteroatoms. The van der Waals surface area contributed by atoms with Gasteiger partial charge in [-0.1, -0.05) is 13.0 Å². The van der Waals surface area contributed by atoms with Gasteiger partial charge in [0.05, 0.1) is 6.04 Å². The third kappa shape index (κ3) is 3.81. The average Bonchev–Trinajstić information content (AvgIpc) is 2.81. The molecular formula is C14H18FN3S. The fourth-order valence-corrected chi connectivity index (χ4v) is 2.92. The maximum absolute atomic E-state index is 13.1. The lowest BCUT2D eigenvalue weighted by Crippen LogP contribution is -2.25. The van der Waals surface area contributed by atoms with E-state index in [4.69, 9.17) is 0 Å². The predicted octanol–water partition coefficient (Wildman–Crippen LogP) is 3.00. The molecular weight excluding hydrogens is 261 g/mol. The Kier molecular flexibility index (Phi) is 4.99. The molecule has 0 saturated heterocycles. The summed E-state index contributed by atoms with van der Waals surface area (Å²) in [6, 6.07) is 6.85. The number of imidazole rings is 1. The Balaban J connectivity index is 2.04. The van der Waals surface area contributed by atoms with Crippen LogP contribution in [0.25, 0.3) is 0 Å². The van der Waals surface area contributed by atoms with Gasteiger partial charge in [-0.25, -0.2) is 9.37 Å². The van der Waals surface area contributed by atoms with Crippen LogP contribution in [-0.4, -0.2) is 21.8 Å². The van der Waals surface area contributed by atoms with Crippen molar-refractivity contribution < 1.29 is 4.39 Å². The Morgan fingerprint density at radius 3 is 2.95 bits per heavy atom. The third-order valence-corrected chi connectivity index (χ3v) is 3.92. The zero-order chi connectivity index (χ0) is 13.7. The molecule has 1 N–H and O–H groups in total. The Hall–Kier alpha value is -1.33. The molecule has 0 radical (unpaired) electrons. The highest BCUT2D eigenvalue weighted by atomic mass is 32.2. The molecule has 0 fully saturated rings. The van der Waals surface area contributed by atoms with Crippen molar-refractivity contribution in [3.63, 3.8) is 0 Å². The minimum absolute atomic E-state index is 0.165. The van der Waals surface area contributed by atoms with Crippen molar-refractivity contribution in [2.45, 2.75) is 17.9 Å². The minimum atomic E-state index is -0.193. The summed E-state index contributed by atoms with van der Waals surface area (Å²) in [5.74, 6) is 1.63. The summed E-state index contributed by atoms with van der Waals surface area (Å²) in [5, 5.41) is 3.41. The first-order valence-corrected chi connectivity index (χ1v) is 7.28. The van der Waals surface area contributed by atoms with E-state index in [9.17, 15) is 4.39 Å². The summed E-state index contributed by atoms with van der Waals surface area (Å²) >= 11 is 1.63. The normalized spacial score (nSPS) is 12.6. The van der Waals surface area contributed by atoms with Gasteiger partial charge < -0.3 is 9.88 Å². The second-order valence-corrected chi connectivity index (χ2v) is 5.37. The van der Waals surface area contributed by atoms with Crippen LogP contribution in [0.5, 0.6) is 0 Å². The van der Waals surface area contributed by atoms with Crippen LogP contribution in [0.1, 0.15) is 18.8 Å². The number of benzene rings is 1. The average molecular weight is 279 g/mol. The van der Waals surface area contributed by atoms with Crippen LogP contribution >= 0.6 is 11.8 Å². The van der Waals surface area contributed by atoms with E-state index < -0.39 is 0 Å². The van der Waals surface area contributed by atoms with Crippen LogP contribution in [0.3, 0.4) is 0 Å². The quantitative estimate of drug-likeness (QED) is 0.824. The van der Waals surface area contributed by atoms with E-state index in [1.165, 1.54) is 6.07 Å². The number of aryl methyl sites for hydroxylation is 1. The minimum Gasteiger partial charge on any atom is -0.337 e. The lowest BCUT2D eigenvalue weighted by molar-refractivity contribution is 0.555. The topological polar surface area (TPSA) is 29.9 Å². The van der Waals surface area contributed by atoms with E-state index in [2.05, 4.69) is 17.2 Å². The van der Waals surface area contributed by atoms with E-state index in [1.807, 2.05) is 23.9 Å². The molecule has 2 aromatic rings. The molecule has 19 heavy (non-hydrogen) atoms. The second kappa shape index (κ2) is 6.73. The van der Waals surface area contributed by atoms with Crippen molar-refractivity contribution in [3.8, 4) is 0 Å². The molecule has 0 aliphatic rings. The van der Waals surface area contributed by atoms with Crippen LogP contribution in [0.2, 0.25) is 0 Å². The smallest absolute Gasteiger partial charge is 0.126 e. The summed E-state index contributed by atoms with van der Waals surface area (Å²) in [6.45, 7) is 2.95. The Morgan fingerprint density at radius 1 is 1.47 bits per heavy atom. The Bertz CT molecular complexity index is 527. The molecule has 1 heterocycles. The molecule has 1 atom stereocenters. The molecule has 0 saturated carbocycles. The van der Waals surface area contributed by atoms with Crippen molar-refractivity contribution in [2.75, 3.05) is 12.3 Å². The predicted molar refractivity (Wildman–Crippen MR) is 76.7 cm³/mol. The van der Waals surface area contributed by atoms with Gasteiger partial charge in [-0.05, 0) is 24.7 Å². The molecule has 102 valence electrons. The number of hydrogen-bond donors (Lipinski definition) is 1. The van der Waals surface area contributed by atoms with Crippen molar-refractivity contribution in [1.29, 1.82) is 0 Å². The Morgan fingerprint density at radius 2 is 2.32 bits per heavy atom. The lowest BCUT2D eigenvalue weighted by atomic mass is 10.3. The van der Waals surface area contributed by atoms with Crippen molar-refractivity contribution in [2.24, 2.45) is 7.05 Å². The fraction of sp³-hybridized carbons (Fsp3) is 0.357. The summed E-state index contributed by atoms with van der Waals surface area (Å²) in [7, 11) is 1.99. The van der Waals surface area contributed by atoms with Gasteiger partial charge in [0.2, 0.25) is 0 Å². The molecule has 0 aliphatic carbocycles. The van der Waals surface area contributed by atoms with E-state index in [1.54, 1.807) is 30.1 Å². The third-order valence-electron chi connectivity index (χ3n) is 2.83. The summed E-state index contributed by atoms with van der Waals surface area (Å²) in [5.41, 5.74) is 0. The van der Waals surface area contributed by atoms with Gasteiger partial charge in [0.1, 0.15) is 11.6 Å².